The highest BCUT2D eigenvalue weighted by atomic mass is 32.1. The molecule has 0 radical (unpaired) electrons. The summed E-state index contributed by atoms with van der Waals surface area (Å²) >= 11 is 1.68. The molecule has 23 heavy (non-hydrogen) atoms. The van der Waals surface area contributed by atoms with E-state index < -0.39 is 0 Å². The number of fused-ring (bicyclic) bond motifs is 2. The quantitative estimate of drug-likeness (QED) is 0.526. The van der Waals surface area contributed by atoms with Crippen LogP contribution in [0.4, 0.5) is 11.5 Å². The number of aromatic amines is 2. The molecule has 0 saturated heterocycles. The third kappa shape index (κ3) is 2.29. The molecule has 0 saturated carbocycles. The molecule has 0 unspecified atom stereocenters. The lowest BCUT2D eigenvalue weighted by Crippen LogP contribution is -1.99. The molecule has 0 spiro atoms. The second-order valence-electron chi connectivity index (χ2n) is 5.55. The van der Waals surface area contributed by atoms with Crippen molar-refractivity contribution in [2.75, 3.05) is 5.32 Å². The Labute approximate surface area is 135 Å². The SMILES string of the molecule is Cc1nc(Nc2ccc3[nH]c(=O)[nH]c3c2)c2c(C)c(C)sc2n1. The number of anilines is 2. The lowest BCUT2D eigenvalue weighted by Gasteiger charge is -2.08. The Morgan fingerprint density at radius 2 is 1.87 bits per heavy atom. The first-order chi connectivity index (χ1) is 11.0. The molecular formula is C16H15N5OS. The van der Waals surface area contributed by atoms with Crippen LogP contribution in [-0.4, -0.2) is 19.9 Å². The standard InChI is InChI=1S/C16H15N5OS/c1-7-8(2)23-15-13(7)14(17-9(3)18-15)19-10-4-5-11-12(6-10)21-16(22)20-11/h4-6H,1-3H3,(H,17,18,19)(H2,20,21,22). The van der Waals surface area contributed by atoms with Gasteiger partial charge in [-0.15, -0.1) is 11.3 Å². The molecule has 4 rings (SSSR count). The Bertz CT molecular complexity index is 1110. The Morgan fingerprint density at radius 3 is 2.70 bits per heavy atom. The number of aromatic nitrogens is 4. The van der Waals surface area contributed by atoms with Crippen molar-refractivity contribution < 1.29 is 0 Å². The van der Waals surface area contributed by atoms with Crippen LogP contribution in [0, 0.1) is 20.8 Å². The zero-order valence-electron chi connectivity index (χ0n) is 12.9. The number of imidazole rings is 1. The van der Waals surface area contributed by atoms with Crippen molar-refractivity contribution in [2.24, 2.45) is 0 Å². The van der Waals surface area contributed by atoms with E-state index in [2.05, 4.69) is 39.1 Å². The molecule has 3 N–H and O–H groups in total. The maximum Gasteiger partial charge on any atom is 0.323 e. The van der Waals surface area contributed by atoms with Crippen molar-refractivity contribution in [3.63, 3.8) is 0 Å². The fourth-order valence-corrected chi connectivity index (χ4v) is 3.77. The number of hydrogen-bond donors (Lipinski definition) is 3. The second-order valence-corrected chi connectivity index (χ2v) is 6.75. The Morgan fingerprint density at radius 1 is 1.09 bits per heavy atom. The number of nitrogens with zero attached hydrogens (tertiary/aromatic N) is 2. The van der Waals surface area contributed by atoms with Gasteiger partial charge in [-0.05, 0) is 44.5 Å². The van der Waals surface area contributed by atoms with Gasteiger partial charge in [0.25, 0.3) is 0 Å². The minimum atomic E-state index is -0.207. The highest BCUT2D eigenvalue weighted by Crippen LogP contribution is 2.34. The molecular weight excluding hydrogens is 310 g/mol. The number of benzene rings is 1. The van der Waals surface area contributed by atoms with Gasteiger partial charge in [-0.2, -0.15) is 0 Å². The molecule has 0 fully saturated rings. The van der Waals surface area contributed by atoms with Crippen LogP contribution in [0.15, 0.2) is 23.0 Å². The van der Waals surface area contributed by atoms with Gasteiger partial charge in [0.2, 0.25) is 0 Å². The number of H-pyrrole nitrogens is 2. The minimum Gasteiger partial charge on any atom is -0.340 e. The third-order valence-electron chi connectivity index (χ3n) is 3.92. The third-order valence-corrected chi connectivity index (χ3v) is 5.02. The molecule has 6 nitrogen and oxygen atoms in total. The zero-order valence-corrected chi connectivity index (χ0v) is 13.8. The monoisotopic (exact) mass is 325 g/mol. The summed E-state index contributed by atoms with van der Waals surface area (Å²) in [6.45, 7) is 6.07. The molecule has 0 aliphatic heterocycles. The average Bonchev–Trinajstić information content (AvgIpc) is 2.98. The summed E-state index contributed by atoms with van der Waals surface area (Å²) in [5, 5.41) is 4.42. The van der Waals surface area contributed by atoms with E-state index in [4.69, 9.17) is 0 Å². The van der Waals surface area contributed by atoms with Gasteiger partial charge in [0.1, 0.15) is 16.5 Å². The minimum absolute atomic E-state index is 0.207. The summed E-state index contributed by atoms with van der Waals surface area (Å²) in [5.74, 6) is 1.53. The molecule has 1 aromatic carbocycles. The van der Waals surface area contributed by atoms with Crippen molar-refractivity contribution in [1.82, 2.24) is 19.9 Å². The van der Waals surface area contributed by atoms with Crippen molar-refractivity contribution in [1.29, 1.82) is 0 Å². The Kier molecular flexibility index (Phi) is 2.99. The number of rotatable bonds is 2. The van der Waals surface area contributed by atoms with E-state index in [1.165, 1.54) is 10.4 Å². The summed E-state index contributed by atoms with van der Waals surface area (Å²) in [5.41, 5.74) is 3.41. The highest BCUT2D eigenvalue weighted by Gasteiger charge is 2.13. The molecule has 4 aromatic rings. The van der Waals surface area contributed by atoms with Crippen LogP contribution in [0.1, 0.15) is 16.3 Å². The molecule has 3 heterocycles. The van der Waals surface area contributed by atoms with E-state index in [1.54, 1.807) is 11.3 Å². The fraction of sp³-hybridized carbons (Fsp3) is 0.188. The second kappa shape index (κ2) is 4.92. The van der Waals surface area contributed by atoms with E-state index in [0.29, 0.717) is 0 Å². The Balaban J connectivity index is 1.86. The molecule has 0 bridgehead atoms. The van der Waals surface area contributed by atoms with Crippen LogP contribution in [0.25, 0.3) is 21.3 Å². The van der Waals surface area contributed by atoms with Crippen LogP contribution >= 0.6 is 11.3 Å². The van der Waals surface area contributed by atoms with Gasteiger partial charge in [0.15, 0.2) is 0 Å². The van der Waals surface area contributed by atoms with Crippen LogP contribution in [0.5, 0.6) is 0 Å². The van der Waals surface area contributed by atoms with Gasteiger partial charge >= 0.3 is 5.69 Å². The Hall–Kier alpha value is -2.67. The normalized spacial score (nSPS) is 11.4. The summed E-state index contributed by atoms with van der Waals surface area (Å²) in [7, 11) is 0. The van der Waals surface area contributed by atoms with Crippen molar-refractivity contribution in [3.05, 3.63) is 44.9 Å². The van der Waals surface area contributed by atoms with Gasteiger partial charge in [-0.1, -0.05) is 0 Å². The maximum absolute atomic E-state index is 11.4. The molecule has 0 amide bonds. The van der Waals surface area contributed by atoms with Gasteiger partial charge in [-0.3, -0.25) is 0 Å². The zero-order chi connectivity index (χ0) is 16.1. The van der Waals surface area contributed by atoms with Crippen LogP contribution in [0.2, 0.25) is 0 Å². The van der Waals surface area contributed by atoms with E-state index in [1.807, 2.05) is 25.1 Å². The summed E-state index contributed by atoms with van der Waals surface area (Å²) in [4.78, 5) is 28.2. The first-order valence-electron chi connectivity index (χ1n) is 7.24. The number of thiophene rings is 1. The van der Waals surface area contributed by atoms with Crippen LogP contribution in [0.3, 0.4) is 0 Å². The number of aryl methyl sites for hydroxylation is 3. The van der Waals surface area contributed by atoms with Gasteiger partial charge in [0.05, 0.1) is 16.4 Å². The first kappa shape index (κ1) is 14.0. The molecule has 3 aromatic heterocycles. The predicted molar refractivity (Wildman–Crippen MR) is 93.8 cm³/mol. The van der Waals surface area contributed by atoms with E-state index in [9.17, 15) is 4.79 Å². The number of hydrogen-bond acceptors (Lipinski definition) is 5. The fourth-order valence-electron chi connectivity index (χ4n) is 2.69. The summed E-state index contributed by atoms with van der Waals surface area (Å²) in [6.07, 6.45) is 0. The lowest BCUT2D eigenvalue weighted by atomic mass is 10.2. The molecule has 116 valence electrons. The first-order valence-corrected chi connectivity index (χ1v) is 8.06. The summed E-state index contributed by atoms with van der Waals surface area (Å²) in [6, 6.07) is 5.68. The average molecular weight is 325 g/mol. The molecule has 0 atom stereocenters. The predicted octanol–water partition coefficient (Wildman–Crippen LogP) is 3.53. The topological polar surface area (TPSA) is 86.5 Å². The van der Waals surface area contributed by atoms with Gasteiger partial charge < -0.3 is 15.3 Å². The maximum atomic E-state index is 11.4. The molecule has 0 aliphatic rings. The van der Waals surface area contributed by atoms with Gasteiger partial charge in [0, 0.05) is 10.6 Å². The van der Waals surface area contributed by atoms with E-state index in [-0.39, 0.29) is 5.69 Å². The smallest absolute Gasteiger partial charge is 0.323 e. The highest BCUT2D eigenvalue weighted by molar-refractivity contribution is 7.18. The van der Waals surface area contributed by atoms with Crippen molar-refractivity contribution in [3.8, 4) is 0 Å². The van der Waals surface area contributed by atoms with Crippen LogP contribution in [-0.2, 0) is 0 Å². The van der Waals surface area contributed by atoms with Crippen molar-refractivity contribution >= 4 is 44.1 Å². The van der Waals surface area contributed by atoms with Crippen molar-refractivity contribution in [2.45, 2.75) is 20.8 Å². The van der Waals surface area contributed by atoms with E-state index in [0.717, 1.165) is 38.6 Å². The van der Waals surface area contributed by atoms with Gasteiger partial charge in [-0.25, -0.2) is 14.8 Å². The van der Waals surface area contributed by atoms with Crippen LogP contribution < -0.4 is 11.0 Å². The molecule has 7 heteroatoms. The number of nitrogens with one attached hydrogen (secondary N) is 3. The van der Waals surface area contributed by atoms with E-state index >= 15 is 0 Å². The largest absolute Gasteiger partial charge is 0.340 e. The summed E-state index contributed by atoms with van der Waals surface area (Å²) < 4.78 is 0. The lowest BCUT2D eigenvalue weighted by molar-refractivity contribution is 1.10. The molecule has 0 aliphatic carbocycles.